The zero-order valence-electron chi connectivity index (χ0n) is 8.88. The Morgan fingerprint density at radius 2 is 2.27 bits per heavy atom. The molecule has 1 aromatic carbocycles. The molecule has 1 unspecified atom stereocenters. The maximum atomic E-state index is 11.7. The van der Waals surface area contributed by atoms with Crippen LogP contribution in [0.4, 0.5) is 0 Å². The van der Waals surface area contributed by atoms with Gasteiger partial charge in [0.15, 0.2) is 0 Å². The Kier molecular flexibility index (Phi) is 5.04. The molecule has 4 heteroatoms. The lowest BCUT2D eigenvalue weighted by molar-refractivity contribution is 0.0950. The highest BCUT2D eigenvalue weighted by Crippen LogP contribution is 2.07. The van der Waals surface area contributed by atoms with Crippen LogP contribution in [0, 0.1) is 3.57 Å². The Labute approximate surface area is 104 Å². The van der Waals surface area contributed by atoms with Gasteiger partial charge >= 0.3 is 0 Å². The summed E-state index contributed by atoms with van der Waals surface area (Å²) in [5.74, 6) is -0.0179. The fourth-order valence-corrected chi connectivity index (χ4v) is 1.62. The third-order valence-corrected chi connectivity index (χ3v) is 2.82. The number of amides is 1. The van der Waals surface area contributed by atoms with Gasteiger partial charge in [-0.25, -0.2) is 0 Å². The summed E-state index contributed by atoms with van der Waals surface area (Å²) in [6.45, 7) is 2.66. The highest BCUT2D eigenvalue weighted by atomic mass is 127. The summed E-state index contributed by atoms with van der Waals surface area (Å²) in [5.41, 5.74) is 0.713. The van der Waals surface area contributed by atoms with Gasteiger partial charge in [-0.05, 0) is 54.8 Å². The molecule has 15 heavy (non-hydrogen) atoms. The van der Waals surface area contributed by atoms with E-state index in [0.717, 1.165) is 3.57 Å². The van der Waals surface area contributed by atoms with Crippen LogP contribution in [-0.2, 0) is 0 Å². The molecule has 0 aliphatic carbocycles. The fraction of sp³-hybridized carbons (Fsp3) is 0.364. The van der Waals surface area contributed by atoms with Crippen molar-refractivity contribution in [1.82, 2.24) is 10.6 Å². The number of rotatable bonds is 4. The Hall–Kier alpha value is -0.620. The van der Waals surface area contributed by atoms with Crippen LogP contribution in [0.2, 0.25) is 0 Å². The number of nitrogens with one attached hydrogen (secondary N) is 2. The highest BCUT2D eigenvalue weighted by molar-refractivity contribution is 14.1. The Balaban J connectivity index is 2.54. The average molecular weight is 318 g/mol. The molecule has 0 aliphatic rings. The summed E-state index contributed by atoms with van der Waals surface area (Å²) in [6, 6.07) is 7.84. The smallest absolute Gasteiger partial charge is 0.251 e. The first-order valence-corrected chi connectivity index (χ1v) is 5.92. The molecule has 82 valence electrons. The van der Waals surface area contributed by atoms with Gasteiger partial charge in [-0.3, -0.25) is 4.79 Å². The van der Waals surface area contributed by atoms with E-state index in [-0.39, 0.29) is 11.9 Å². The maximum Gasteiger partial charge on any atom is 0.251 e. The highest BCUT2D eigenvalue weighted by Gasteiger charge is 2.06. The van der Waals surface area contributed by atoms with Gasteiger partial charge in [0.25, 0.3) is 5.91 Å². The van der Waals surface area contributed by atoms with Crippen molar-refractivity contribution in [2.45, 2.75) is 13.0 Å². The van der Waals surface area contributed by atoms with E-state index in [1.54, 1.807) is 0 Å². The van der Waals surface area contributed by atoms with Gasteiger partial charge in [0, 0.05) is 21.7 Å². The first-order chi connectivity index (χ1) is 7.13. The lowest BCUT2D eigenvalue weighted by atomic mass is 10.2. The molecule has 0 radical (unpaired) electrons. The van der Waals surface area contributed by atoms with Gasteiger partial charge in [-0.15, -0.1) is 0 Å². The lowest BCUT2D eigenvalue weighted by Gasteiger charge is -2.11. The zero-order valence-corrected chi connectivity index (χ0v) is 11.0. The Bertz CT molecular complexity index is 341. The molecule has 0 spiro atoms. The van der Waals surface area contributed by atoms with Crippen molar-refractivity contribution >= 4 is 28.5 Å². The van der Waals surface area contributed by atoms with Crippen molar-refractivity contribution in [2.24, 2.45) is 0 Å². The molecule has 0 heterocycles. The summed E-state index contributed by atoms with van der Waals surface area (Å²) in [5, 5.41) is 5.94. The van der Waals surface area contributed by atoms with Crippen LogP contribution < -0.4 is 10.6 Å². The maximum absolute atomic E-state index is 11.7. The van der Waals surface area contributed by atoms with Gasteiger partial charge in [-0.1, -0.05) is 6.07 Å². The van der Waals surface area contributed by atoms with E-state index in [0.29, 0.717) is 12.1 Å². The predicted molar refractivity (Wildman–Crippen MR) is 70.0 cm³/mol. The van der Waals surface area contributed by atoms with Crippen molar-refractivity contribution in [1.29, 1.82) is 0 Å². The molecule has 1 atom stereocenters. The average Bonchev–Trinajstić information content (AvgIpc) is 2.25. The van der Waals surface area contributed by atoms with E-state index in [4.69, 9.17) is 0 Å². The minimum absolute atomic E-state index is 0.0179. The molecule has 3 nitrogen and oxygen atoms in total. The van der Waals surface area contributed by atoms with E-state index in [2.05, 4.69) is 33.2 Å². The van der Waals surface area contributed by atoms with Crippen LogP contribution in [0.25, 0.3) is 0 Å². The SMILES string of the molecule is CNC(C)CNC(=O)c1cccc(I)c1. The van der Waals surface area contributed by atoms with Crippen LogP contribution in [0.15, 0.2) is 24.3 Å². The van der Waals surface area contributed by atoms with Crippen LogP contribution in [0.5, 0.6) is 0 Å². The zero-order chi connectivity index (χ0) is 11.3. The molecule has 0 saturated carbocycles. The molecule has 0 fully saturated rings. The molecule has 0 saturated heterocycles. The van der Waals surface area contributed by atoms with Gasteiger partial charge in [0.2, 0.25) is 0 Å². The number of halogens is 1. The van der Waals surface area contributed by atoms with Crippen molar-refractivity contribution in [3.8, 4) is 0 Å². The summed E-state index contributed by atoms with van der Waals surface area (Å²) >= 11 is 2.20. The summed E-state index contributed by atoms with van der Waals surface area (Å²) in [6.07, 6.45) is 0. The summed E-state index contributed by atoms with van der Waals surface area (Å²) in [4.78, 5) is 11.7. The second-order valence-electron chi connectivity index (χ2n) is 3.41. The Morgan fingerprint density at radius 1 is 1.53 bits per heavy atom. The Morgan fingerprint density at radius 3 is 2.87 bits per heavy atom. The fourth-order valence-electron chi connectivity index (χ4n) is 1.08. The molecular weight excluding hydrogens is 303 g/mol. The molecule has 2 N–H and O–H groups in total. The number of hydrogen-bond donors (Lipinski definition) is 2. The molecule has 0 aromatic heterocycles. The minimum atomic E-state index is -0.0179. The van der Waals surface area contributed by atoms with Crippen LogP contribution >= 0.6 is 22.6 Å². The summed E-state index contributed by atoms with van der Waals surface area (Å²) < 4.78 is 1.07. The second kappa shape index (κ2) is 6.07. The number of hydrogen-bond acceptors (Lipinski definition) is 2. The van der Waals surface area contributed by atoms with E-state index in [1.165, 1.54) is 0 Å². The third-order valence-electron chi connectivity index (χ3n) is 2.15. The number of carbonyl (C=O) groups excluding carboxylic acids is 1. The number of carbonyl (C=O) groups is 1. The van der Waals surface area contributed by atoms with Crippen molar-refractivity contribution in [3.05, 3.63) is 33.4 Å². The van der Waals surface area contributed by atoms with Crippen LogP contribution in [0.1, 0.15) is 17.3 Å². The first-order valence-electron chi connectivity index (χ1n) is 4.84. The number of likely N-dealkylation sites (N-methyl/N-ethyl adjacent to an activating group) is 1. The number of benzene rings is 1. The largest absolute Gasteiger partial charge is 0.350 e. The van der Waals surface area contributed by atoms with Gasteiger partial charge < -0.3 is 10.6 Å². The molecular formula is C11H15IN2O. The first kappa shape index (κ1) is 12.4. The van der Waals surface area contributed by atoms with E-state index >= 15 is 0 Å². The lowest BCUT2D eigenvalue weighted by Crippen LogP contribution is -2.37. The topological polar surface area (TPSA) is 41.1 Å². The second-order valence-corrected chi connectivity index (χ2v) is 4.66. The monoisotopic (exact) mass is 318 g/mol. The minimum Gasteiger partial charge on any atom is -0.350 e. The standard InChI is InChI=1S/C11H15IN2O/c1-8(13-2)7-14-11(15)9-4-3-5-10(12)6-9/h3-6,8,13H,7H2,1-2H3,(H,14,15). The van der Waals surface area contributed by atoms with Crippen molar-refractivity contribution in [3.63, 3.8) is 0 Å². The molecule has 1 rings (SSSR count). The van der Waals surface area contributed by atoms with Gasteiger partial charge in [0.1, 0.15) is 0 Å². The van der Waals surface area contributed by atoms with E-state index < -0.39 is 0 Å². The van der Waals surface area contributed by atoms with Gasteiger partial charge in [0.05, 0.1) is 0 Å². The van der Waals surface area contributed by atoms with Crippen LogP contribution in [-0.4, -0.2) is 25.5 Å². The third kappa shape index (κ3) is 4.17. The van der Waals surface area contributed by atoms with E-state index in [9.17, 15) is 4.79 Å². The van der Waals surface area contributed by atoms with Crippen LogP contribution in [0.3, 0.4) is 0 Å². The molecule has 1 aromatic rings. The van der Waals surface area contributed by atoms with E-state index in [1.807, 2.05) is 38.2 Å². The summed E-state index contributed by atoms with van der Waals surface area (Å²) in [7, 11) is 1.88. The molecule has 1 amide bonds. The van der Waals surface area contributed by atoms with Crippen molar-refractivity contribution < 1.29 is 4.79 Å². The van der Waals surface area contributed by atoms with Crippen molar-refractivity contribution in [2.75, 3.05) is 13.6 Å². The predicted octanol–water partition coefficient (Wildman–Crippen LogP) is 1.63. The quantitative estimate of drug-likeness (QED) is 0.829. The molecule has 0 bridgehead atoms. The van der Waals surface area contributed by atoms with Gasteiger partial charge in [-0.2, -0.15) is 0 Å². The normalized spacial score (nSPS) is 12.2. The molecule has 0 aliphatic heterocycles.